The van der Waals surface area contributed by atoms with Crippen LogP contribution in [0.4, 0.5) is 19.0 Å². The van der Waals surface area contributed by atoms with Crippen LogP contribution in [0.3, 0.4) is 0 Å². The highest BCUT2D eigenvalue weighted by atomic mass is 19.4. The second kappa shape index (κ2) is 9.43. The average molecular weight is 465 g/mol. The van der Waals surface area contributed by atoms with Crippen LogP contribution in [0, 0.1) is 19.3 Å². The van der Waals surface area contributed by atoms with Crippen LogP contribution in [0.5, 0.6) is 0 Å². The number of hydrogen-bond donors (Lipinski definition) is 3. The molecule has 0 bridgehead atoms. The van der Waals surface area contributed by atoms with Gasteiger partial charge in [-0.05, 0) is 24.1 Å². The summed E-state index contributed by atoms with van der Waals surface area (Å²) in [7, 11) is 0. The zero-order valence-electron chi connectivity index (χ0n) is 17.1. The molecule has 3 N–H and O–H groups in total. The number of carboxylic acid groups (broad SMARTS) is 2. The third-order valence-corrected chi connectivity index (χ3v) is 4.98. The zero-order valence-corrected chi connectivity index (χ0v) is 17.1. The Kier molecular flexibility index (Phi) is 6.85. The Labute approximate surface area is 185 Å². The van der Waals surface area contributed by atoms with Gasteiger partial charge in [-0.15, -0.1) is 6.42 Å². The molecule has 2 aromatic rings. The van der Waals surface area contributed by atoms with Crippen molar-refractivity contribution < 1.29 is 42.4 Å². The number of nitrogens with zero attached hydrogens (tertiary/aromatic N) is 2. The van der Waals surface area contributed by atoms with Crippen molar-refractivity contribution in [3.8, 4) is 12.3 Å². The highest BCUT2D eigenvalue weighted by Gasteiger charge is 2.38. The molecule has 0 saturated carbocycles. The lowest BCUT2D eigenvalue weighted by atomic mass is 9.96. The van der Waals surface area contributed by atoms with Crippen molar-refractivity contribution in [1.29, 1.82) is 0 Å². The van der Waals surface area contributed by atoms with Gasteiger partial charge in [-0.25, -0.2) is 9.97 Å². The molecule has 1 aliphatic heterocycles. The van der Waals surface area contributed by atoms with E-state index in [-0.39, 0.29) is 35.7 Å². The summed E-state index contributed by atoms with van der Waals surface area (Å²) < 4.78 is 50.9. The van der Waals surface area contributed by atoms with Crippen LogP contribution in [0.15, 0.2) is 24.5 Å². The minimum atomic E-state index is -4.60. The predicted molar refractivity (Wildman–Crippen MR) is 106 cm³/mol. The molecule has 0 aliphatic carbocycles. The molecule has 3 rings (SSSR count). The van der Waals surface area contributed by atoms with E-state index in [9.17, 15) is 33.0 Å². The van der Waals surface area contributed by atoms with E-state index >= 15 is 0 Å². The van der Waals surface area contributed by atoms with Crippen molar-refractivity contribution in [3.05, 3.63) is 52.5 Å². The summed E-state index contributed by atoms with van der Waals surface area (Å²) in [6, 6.07) is 2.40. The van der Waals surface area contributed by atoms with E-state index in [1.807, 2.05) is 0 Å². The first-order valence-electron chi connectivity index (χ1n) is 9.49. The molecule has 1 aliphatic rings. The Hall–Kier alpha value is -3.69. The molecule has 1 aromatic heterocycles. The summed E-state index contributed by atoms with van der Waals surface area (Å²) in [6.45, 7) is 1.54. The molecule has 0 amide bonds. The lowest BCUT2D eigenvalue weighted by Gasteiger charge is -2.23. The normalized spacial score (nSPS) is 15.3. The van der Waals surface area contributed by atoms with Crippen molar-refractivity contribution in [1.82, 2.24) is 9.97 Å². The number of halogens is 3. The van der Waals surface area contributed by atoms with E-state index in [0.717, 1.165) is 12.4 Å². The zero-order chi connectivity index (χ0) is 24.3. The van der Waals surface area contributed by atoms with E-state index in [2.05, 4.69) is 21.2 Å². The number of carboxylic acids is 2. The Balaban J connectivity index is 2.12. The van der Waals surface area contributed by atoms with E-state index < -0.39 is 47.6 Å². The van der Waals surface area contributed by atoms with Crippen molar-refractivity contribution in [2.45, 2.75) is 31.3 Å². The summed E-state index contributed by atoms with van der Waals surface area (Å²) in [5.74, 6) is -3.23. The molecule has 2 heterocycles. The van der Waals surface area contributed by atoms with Gasteiger partial charge in [0.05, 0.1) is 30.0 Å². The minimum absolute atomic E-state index is 0.112. The summed E-state index contributed by atoms with van der Waals surface area (Å²) in [4.78, 5) is 31.1. The van der Waals surface area contributed by atoms with Crippen molar-refractivity contribution in [2.24, 2.45) is 0 Å². The SMILES string of the molecule is C#C[C@@H](Nc1ncnc(C(C(=O)O)C(=O)O)c1C1OCCO1)c1cccc(C(F)(F)F)c1C. The second-order valence-corrected chi connectivity index (χ2v) is 6.97. The Morgan fingerprint density at radius 2 is 1.85 bits per heavy atom. The van der Waals surface area contributed by atoms with Gasteiger partial charge in [-0.3, -0.25) is 9.59 Å². The van der Waals surface area contributed by atoms with Gasteiger partial charge in [0.15, 0.2) is 12.2 Å². The van der Waals surface area contributed by atoms with Gasteiger partial charge < -0.3 is 25.0 Å². The summed E-state index contributed by atoms with van der Waals surface area (Å²) in [5.41, 5.74) is -1.38. The summed E-state index contributed by atoms with van der Waals surface area (Å²) in [5, 5.41) is 21.6. The highest BCUT2D eigenvalue weighted by Crippen LogP contribution is 2.38. The number of hydrogen-bond acceptors (Lipinski definition) is 7. The molecule has 9 nitrogen and oxygen atoms in total. The second-order valence-electron chi connectivity index (χ2n) is 6.97. The maximum Gasteiger partial charge on any atom is 0.416 e. The monoisotopic (exact) mass is 465 g/mol. The fourth-order valence-corrected chi connectivity index (χ4v) is 3.47. The van der Waals surface area contributed by atoms with Gasteiger partial charge in [-0.1, -0.05) is 18.1 Å². The number of aromatic nitrogens is 2. The van der Waals surface area contributed by atoms with Crippen molar-refractivity contribution >= 4 is 17.8 Å². The third-order valence-electron chi connectivity index (χ3n) is 4.98. The number of ether oxygens (including phenoxy) is 2. The maximum absolute atomic E-state index is 13.3. The van der Waals surface area contributed by atoms with Crippen molar-refractivity contribution in [3.63, 3.8) is 0 Å². The Morgan fingerprint density at radius 1 is 1.21 bits per heavy atom. The van der Waals surface area contributed by atoms with Crippen LogP contribution in [-0.4, -0.2) is 45.3 Å². The first-order chi connectivity index (χ1) is 15.6. The minimum Gasteiger partial charge on any atom is -0.480 e. The molecule has 12 heteroatoms. The van der Waals surface area contributed by atoms with Gasteiger partial charge in [0.1, 0.15) is 18.2 Å². The van der Waals surface area contributed by atoms with E-state index in [1.54, 1.807) is 0 Å². The largest absolute Gasteiger partial charge is 0.480 e. The van der Waals surface area contributed by atoms with Crippen LogP contribution >= 0.6 is 0 Å². The Morgan fingerprint density at radius 3 is 2.39 bits per heavy atom. The average Bonchev–Trinajstić information content (AvgIpc) is 3.25. The third kappa shape index (κ3) is 4.89. The molecule has 1 fully saturated rings. The van der Waals surface area contributed by atoms with Crippen LogP contribution in [0.25, 0.3) is 0 Å². The Bertz CT molecular complexity index is 1100. The van der Waals surface area contributed by atoms with Gasteiger partial charge >= 0.3 is 18.1 Å². The van der Waals surface area contributed by atoms with Crippen LogP contribution in [-0.2, 0) is 25.2 Å². The predicted octanol–water partition coefficient (Wildman–Crippen LogP) is 2.89. The molecule has 1 saturated heterocycles. The maximum atomic E-state index is 13.3. The smallest absolute Gasteiger partial charge is 0.416 e. The fraction of sp³-hybridized carbons (Fsp3) is 0.333. The number of terminal acetylenes is 1. The first-order valence-corrected chi connectivity index (χ1v) is 9.49. The van der Waals surface area contributed by atoms with Crippen molar-refractivity contribution in [2.75, 3.05) is 18.5 Å². The lowest BCUT2D eigenvalue weighted by molar-refractivity contribution is -0.150. The van der Waals surface area contributed by atoms with Crippen LogP contribution < -0.4 is 5.32 Å². The number of anilines is 1. The molecule has 33 heavy (non-hydrogen) atoms. The molecule has 0 radical (unpaired) electrons. The number of rotatable bonds is 7. The van der Waals surface area contributed by atoms with E-state index in [4.69, 9.17) is 15.9 Å². The number of alkyl halides is 3. The molecule has 0 unspecified atom stereocenters. The van der Waals surface area contributed by atoms with E-state index in [0.29, 0.717) is 0 Å². The van der Waals surface area contributed by atoms with Crippen LogP contribution in [0.1, 0.15) is 46.2 Å². The molecular weight excluding hydrogens is 447 g/mol. The topological polar surface area (TPSA) is 131 Å². The van der Waals surface area contributed by atoms with Gasteiger partial charge in [-0.2, -0.15) is 13.2 Å². The number of carbonyl (C=O) groups is 2. The number of nitrogens with one attached hydrogen (secondary N) is 1. The summed E-state index contributed by atoms with van der Waals surface area (Å²) in [6.07, 6.45) is 0.703. The standard InChI is InChI=1S/C21H18F3N3O6/c1-3-13(11-5-4-6-12(10(11)2)21(22,23)24)27-17-14(20-32-7-8-33-20)16(25-9-26-17)15(18(28)29)19(30)31/h1,4-6,9,13,15,20H,7-8H2,2H3,(H,28,29)(H,30,31)(H,25,26,27)/t13-/m1/s1. The molecule has 0 spiro atoms. The van der Waals surface area contributed by atoms with Gasteiger partial charge in [0.25, 0.3) is 0 Å². The lowest BCUT2D eigenvalue weighted by Crippen LogP contribution is -2.26. The van der Waals surface area contributed by atoms with E-state index in [1.165, 1.54) is 19.1 Å². The summed E-state index contributed by atoms with van der Waals surface area (Å²) >= 11 is 0. The molecule has 1 atom stereocenters. The van der Waals surface area contributed by atoms with Gasteiger partial charge in [0.2, 0.25) is 0 Å². The number of aliphatic carboxylic acids is 2. The molecular formula is C21H18F3N3O6. The highest BCUT2D eigenvalue weighted by molar-refractivity contribution is 5.99. The molecule has 1 aromatic carbocycles. The first kappa shape index (κ1) is 24.0. The quantitative estimate of drug-likeness (QED) is 0.417. The number of benzene rings is 1. The van der Waals surface area contributed by atoms with Crippen LogP contribution in [0.2, 0.25) is 0 Å². The van der Waals surface area contributed by atoms with Gasteiger partial charge in [0, 0.05) is 0 Å². The fourth-order valence-electron chi connectivity index (χ4n) is 3.47. The molecule has 174 valence electrons.